The van der Waals surface area contributed by atoms with Gasteiger partial charge in [-0.2, -0.15) is 0 Å². The van der Waals surface area contributed by atoms with Crippen LogP contribution in [0.2, 0.25) is 0 Å². The number of anilines is 1. The van der Waals surface area contributed by atoms with E-state index >= 15 is 0 Å². The molecule has 0 spiro atoms. The number of hydrogen-bond donors (Lipinski definition) is 1. The Balaban J connectivity index is 2.64. The van der Waals surface area contributed by atoms with Crippen LogP contribution in [0.4, 0.5) is 5.69 Å². The second-order valence-electron chi connectivity index (χ2n) is 3.38. The quantitative estimate of drug-likeness (QED) is 0.367. The topological polar surface area (TPSA) is 55.6 Å². The number of nitrogens with zero attached hydrogens (tertiary/aromatic N) is 1. The average Bonchev–Trinajstić information content (AvgIpc) is 2.36. The number of hydrogen-bond acceptors (Lipinski definition) is 3. The molecule has 0 radical (unpaired) electrons. The van der Waals surface area contributed by atoms with Gasteiger partial charge in [-0.15, -0.1) is 0 Å². The van der Waals surface area contributed by atoms with E-state index in [1.165, 1.54) is 0 Å². The summed E-state index contributed by atoms with van der Waals surface area (Å²) in [6.45, 7) is 0. The molecule has 2 rings (SSSR count). The van der Waals surface area contributed by atoms with Gasteiger partial charge in [0.2, 0.25) is 6.41 Å². The van der Waals surface area contributed by atoms with Crippen molar-refractivity contribution in [1.82, 2.24) is 0 Å². The largest absolute Gasteiger partial charge is 0.497 e. The van der Waals surface area contributed by atoms with Crippen LogP contribution in [0.15, 0.2) is 36.4 Å². The summed E-state index contributed by atoms with van der Waals surface area (Å²) in [6.07, 6.45) is 0.582. The van der Waals surface area contributed by atoms with Crippen molar-refractivity contribution in [3.05, 3.63) is 36.4 Å². The molecular formula is C12H12N2O2. The monoisotopic (exact) mass is 216 g/mol. The molecule has 0 atom stereocenters. The van der Waals surface area contributed by atoms with E-state index in [9.17, 15) is 4.79 Å². The van der Waals surface area contributed by atoms with Gasteiger partial charge in [0.05, 0.1) is 12.8 Å². The van der Waals surface area contributed by atoms with E-state index in [-0.39, 0.29) is 0 Å². The molecule has 4 nitrogen and oxygen atoms in total. The van der Waals surface area contributed by atoms with E-state index in [4.69, 9.17) is 10.6 Å². The van der Waals surface area contributed by atoms with E-state index in [1.54, 1.807) is 13.2 Å². The minimum absolute atomic E-state index is 0.582. The first-order valence-electron chi connectivity index (χ1n) is 4.82. The maximum Gasteiger partial charge on any atom is 0.228 e. The summed E-state index contributed by atoms with van der Waals surface area (Å²) in [5, 5.41) is 2.96. The summed E-state index contributed by atoms with van der Waals surface area (Å²) in [7, 11) is 1.62. The van der Waals surface area contributed by atoms with Crippen molar-refractivity contribution in [2.75, 3.05) is 12.1 Å². The van der Waals surface area contributed by atoms with Crippen molar-refractivity contribution in [2.45, 2.75) is 0 Å². The molecule has 2 aromatic rings. The molecule has 2 aromatic carbocycles. The Labute approximate surface area is 93.2 Å². The van der Waals surface area contributed by atoms with Crippen LogP contribution in [0.25, 0.3) is 10.8 Å². The molecule has 0 aliphatic carbocycles. The smallest absolute Gasteiger partial charge is 0.228 e. The highest BCUT2D eigenvalue weighted by atomic mass is 16.5. The fourth-order valence-corrected chi connectivity index (χ4v) is 1.65. The number of nitrogens with two attached hydrogens (primary N) is 1. The predicted octanol–water partition coefficient (Wildman–Crippen LogP) is 1.68. The second-order valence-corrected chi connectivity index (χ2v) is 3.38. The molecule has 0 saturated heterocycles. The van der Waals surface area contributed by atoms with Crippen molar-refractivity contribution < 1.29 is 9.53 Å². The van der Waals surface area contributed by atoms with E-state index in [2.05, 4.69) is 0 Å². The van der Waals surface area contributed by atoms with E-state index in [0.717, 1.165) is 21.5 Å². The summed E-state index contributed by atoms with van der Waals surface area (Å²) < 4.78 is 5.13. The molecule has 2 N–H and O–H groups in total. The highest BCUT2D eigenvalue weighted by molar-refractivity contribution is 5.98. The number of rotatable bonds is 3. The minimum Gasteiger partial charge on any atom is -0.497 e. The summed E-state index contributed by atoms with van der Waals surface area (Å²) >= 11 is 0. The predicted molar refractivity (Wildman–Crippen MR) is 63.2 cm³/mol. The van der Waals surface area contributed by atoms with Gasteiger partial charge in [0.1, 0.15) is 5.75 Å². The molecule has 0 bridgehead atoms. The lowest BCUT2D eigenvalue weighted by Gasteiger charge is -2.13. The highest BCUT2D eigenvalue weighted by Crippen LogP contribution is 2.27. The third-order valence-electron chi connectivity index (χ3n) is 2.46. The van der Waals surface area contributed by atoms with Crippen molar-refractivity contribution in [3.8, 4) is 5.75 Å². The Morgan fingerprint density at radius 2 is 2.12 bits per heavy atom. The van der Waals surface area contributed by atoms with Crippen LogP contribution in [0.5, 0.6) is 5.75 Å². The van der Waals surface area contributed by atoms with Crippen molar-refractivity contribution >= 4 is 22.9 Å². The standard InChI is InChI=1S/C12H12N2O2/c1-16-10-5-6-11-9(7-10)3-2-4-12(11)14(13)8-15/h2-8H,13H2,1H3. The van der Waals surface area contributed by atoms with E-state index in [0.29, 0.717) is 12.1 Å². The Kier molecular flexibility index (Phi) is 2.74. The number of carbonyl (C=O) groups excluding carboxylic acids is 1. The SMILES string of the molecule is COc1ccc2c(N(N)C=O)cccc2c1. The van der Waals surface area contributed by atoms with Crippen molar-refractivity contribution in [1.29, 1.82) is 0 Å². The van der Waals surface area contributed by atoms with Gasteiger partial charge in [-0.3, -0.25) is 9.80 Å². The van der Waals surface area contributed by atoms with E-state index in [1.807, 2.05) is 30.3 Å². The molecule has 4 heteroatoms. The zero-order valence-corrected chi connectivity index (χ0v) is 8.88. The Morgan fingerprint density at radius 3 is 2.81 bits per heavy atom. The molecule has 1 amide bonds. The zero-order valence-electron chi connectivity index (χ0n) is 8.88. The van der Waals surface area contributed by atoms with Crippen LogP contribution in [0.1, 0.15) is 0 Å². The third kappa shape index (κ3) is 1.70. The molecule has 82 valence electrons. The number of benzene rings is 2. The molecule has 0 aliphatic rings. The number of hydrazine groups is 1. The highest BCUT2D eigenvalue weighted by Gasteiger charge is 2.05. The van der Waals surface area contributed by atoms with Crippen molar-refractivity contribution in [3.63, 3.8) is 0 Å². The molecular weight excluding hydrogens is 204 g/mol. The van der Waals surface area contributed by atoms with Gasteiger partial charge in [0.25, 0.3) is 0 Å². The number of methoxy groups -OCH3 is 1. The zero-order chi connectivity index (χ0) is 11.5. The number of carbonyl (C=O) groups is 1. The maximum absolute atomic E-state index is 10.6. The second kappa shape index (κ2) is 4.20. The number of fused-ring (bicyclic) bond motifs is 1. The molecule has 0 aromatic heterocycles. The van der Waals surface area contributed by atoms with Crippen LogP contribution >= 0.6 is 0 Å². The molecule has 16 heavy (non-hydrogen) atoms. The van der Waals surface area contributed by atoms with Crippen LogP contribution in [-0.2, 0) is 4.79 Å². The first-order valence-corrected chi connectivity index (χ1v) is 4.82. The fourth-order valence-electron chi connectivity index (χ4n) is 1.65. The van der Waals surface area contributed by atoms with Crippen LogP contribution in [-0.4, -0.2) is 13.5 Å². The lowest BCUT2D eigenvalue weighted by atomic mass is 10.1. The lowest BCUT2D eigenvalue weighted by molar-refractivity contribution is -0.107. The van der Waals surface area contributed by atoms with Gasteiger partial charge in [0.15, 0.2) is 0 Å². The van der Waals surface area contributed by atoms with Crippen molar-refractivity contribution in [2.24, 2.45) is 5.84 Å². The van der Waals surface area contributed by atoms with Crippen LogP contribution < -0.4 is 15.6 Å². The summed E-state index contributed by atoms with van der Waals surface area (Å²) in [6, 6.07) is 11.2. The lowest BCUT2D eigenvalue weighted by Crippen LogP contribution is -2.28. The average molecular weight is 216 g/mol. The van der Waals surface area contributed by atoms with Gasteiger partial charge in [-0.25, -0.2) is 5.84 Å². The molecule has 0 unspecified atom stereocenters. The van der Waals surface area contributed by atoms with E-state index < -0.39 is 0 Å². The Bertz CT molecular complexity index is 525. The fraction of sp³-hybridized carbons (Fsp3) is 0.0833. The van der Waals surface area contributed by atoms with Gasteiger partial charge >= 0.3 is 0 Å². The first kappa shape index (κ1) is 10.4. The molecule has 0 heterocycles. The minimum atomic E-state index is 0.582. The maximum atomic E-state index is 10.6. The molecule has 0 fully saturated rings. The normalized spacial score (nSPS) is 10.1. The molecule has 0 saturated carbocycles. The van der Waals surface area contributed by atoms with Crippen LogP contribution in [0.3, 0.4) is 0 Å². The number of amides is 1. The molecule has 0 aliphatic heterocycles. The first-order chi connectivity index (χ1) is 7.76. The Hall–Kier alpha value is -2.07. The summed E-state index contributed by atoms with van der Waals surface area (Å²) in [5.41, 5.74) is 0.676. The van der Waals surface area contributed by atoms with Gasteiger partial charge in [-0.1, -0.05) is 12.1 Å². The summed E-state index contributed by atoms with van der Waals surface area (Å²) in [5.74, 6) is 6.34. The summed E-state index contributed by atoms with van der Waals surface area (Å²) in [4.78, 5) is 10.6. The van der Waals surface area contributed by atoms with Gasteiger partial charge < -0.3 is 4.74 Å². The third-order valence-corrected chi connectivity index (χ3v) is 2.46. The van der Waals surface area contributed by atoms with Gasteiger partial charge in [-0.05, 0) is 29.7 Å². The van der Waals surface area contributed by atoms with Crippen LogP contribution in [0, 0.1) is 0 Å². The van der Waals surface area contributed by atoms with Gasteiger partial charge in [0, 0.05) is 5.39 Å². The number of ether oxygens (including phenoxy) is 1. The Morgan fingerprint density at radius 1 is 1.31 bits per heavy atom.